The van der Waals surface area contributed by atoms with Crippen LogP contribution in [0.25, 0.3) is 0 Å². The fourth-order valence-electron chi connectivity index (χ4n) is 2.83. The van der Waals surface area contributed by atoms with Gasteiger partial charge < -0.3 is 25.0 Å². The van der Waals surface area contributed by atoms with Crippen LogP contribution in [0.1, 0.15) is 19.3 Å². The van der Waals surface area contributed by atoms with Crippen LogP contribution >= 0.6 is 0 Å². The molecule has 0 aromatic heterocycles. The number of piperidine rings is 1. The van der Waals surface area contributed by atoms with Crippen molar-refractivity contribution in [2.75, 3.05) is 52.8 Å². The number of ether oxygens (including phenoxy) is 2. The zero-order valence-electron chi connectivity index (χ0n) is 14.9. The minimum atomic E-state index is -0.742. The quantitative estimate of drug-likeness (QED) is 0.709. The average Bonchev–Trinajstić information content (AvgIpc) is 2.59. The molecule has 0 atom stereocenters. The summed E-state index contributed by atoms with van der Waals surface area (Å²) in [6.07, 6.45) is 2.31. The summed E-state index contributed by atoms with van der Waals surface area (Å²) in [4.78, 5) is 14.8. The van der Waals surface area contributed by atoms with E-state index in [0.717, 1.165) is 37.5 Å². The van der Waals surface area contributed by atoms with Gasteiger partial charge in [-0.2, -0.15) is 0 Å². The molecule has 6 nitrogen and oxygen atoms in total. The van der Waals surface area contributed by atoms with E-state index in [0.29, 0.717) is 19.4 Å². The maximum Gasteiger partial charge on any atom is 0.256 e. The molecule has 1 aromatic rings. The van der Waals surface area contributed by atoms with Crippen LogP contribution in [0.5, 0.6) is 5.75 Å². The Balaban J connectivity index is 1.92. The lowest BCUT2D eigenvalue weighted by Crippen LogP contribution is -2.51. The van der Waals surface area contributed by atoms with Crippen molar-refractivity contribution < 1.29 is 14.3 Å². The van der Waals surface area contributed by atoms with Crippen LogP contribution in [-0.4, -0.2) is 63.9 Å². The highest BCUT2D eigenvalue weighted by molar-refractivity contribution is 5.97. The van der Waals surface area contributed by atoms with Crippen molar-refractivity contribution in [3.05, 3.63) is 24.3 Å². The number of nitrogens with one attached hydrogen (secondary N) is 2. The second-order valence-electron chi connectivity index (χ2n) is 6.44. The standard InChI is InChI=1S/C18H29N3O3/c1-21(2)12-5-13-24-16-7-4-6-15(14-16)20-17(22)18(23-3)8-10-19-11-9-18/h4,6-7,14,19H,5,8-13H2,1-3H3,(H,20,22). The third-order valence-corrected chi connectivity index (χ3v) is 4.33. The predicted octanol–water partition coefficient (Wildman–Crippen LogP) is 1.72. The van der Waals surface area contributed by atoms with Gasteiger partial charge in [0.25, 0.3) is 5.91 Å². The third-order valence-electron chi connectivity index (χ3n) is 4.33. The first-order valence-electron chi connectivity index (χ1n) is 8.51. The van der Waals surface area contributed by atoms with Gasteiger partial charge in [0, 0.05) is 25.4 Å². The first kappa shape index (κ1) is 18.7. The second-order valence-corrected chi connectivity index (χ2v) is 6.44. The highest BCUT2D eigenvalue weighted by Crippen LogP contribution is 2.25. The van der Waals surface area contributed by atoms with Crippen molar-refractivity contribution in [2.24, 2.45) is 0 Å². The van der Waals surface area contributed by atoms with Gasteiger partial charge in [0.15, 0.2) is 0 Å². The minimum Gasteiger partial charge on any atom is -0.493 e. The summed E-state index contributed by atoms with van der Waals surface area (Å²) >= 11 is 0. The Labute approximate surface area is 144 Å². The van der Waals surface area contributed by atoms with Crippen molar-refractivity contribution >= 4 is 11.6 Å². The smallest absolute Gasteiger partial charge is 0.256 e. The van der Waals surface area contributed by atoms with Gasteiger partial charge in [0.05, 0.1) is 6.61 Å². The molecule has 1 amide bonds. The Hall–Kier alpha value is -1.63. The summed E-state index contributed by atoms with van der Waals surface area (Å²) in [5, 5.41) is 6.23. The fourth-order valence-corrected chi connectivity index (χ4v) is 2.83. The van der Waals surface area contributed by atoms with Crippen molar-refractivity contribution in [3.63, 3.8) is 0 Å². The molecular formula is C18H29N3O3. The van der Waals surface area contributed by atoms with E-state index in [4.69, 9.17) is 9.47 Å². The lowest BCUT2D eigenvalue weighted by atomic mass is 9.91. The van der Waals surface area contributed by atoms with Crippen molar-refractivity contribution in [1.29, 1.82) is 0 Å². The van der Waals surface area contributed by atoms with E-state index in [-0.39, 0.29) is 5.91 Å². The van der Waals surface area contributed by atoms with E-state index < -0.39 is 5.60 Å². The Bertz CT molecular complexity index is 528. The number of amides is 1. The third kappa shape index (κ3) is 5.19. The summed E-state index contributed by atoms with van der Waals surface area (Å²) in [5.41, 5.74) is -0.00607. The topological polar surface area (TPSA) is 62.8 Å². The molecule has 0 radical (unpaired) electrons. The van der Waals surface area contributed by atoms with Gasteiger partial charge in [-0.1, -0.05) is 6.07 Å². The zero-order chi connectivity index (χ0) is 17.4. The first-order chi connectivity index (χ1) is 11.6. The number of anilines is 1. The molecule has 0 unspecified atom stereocenters. The molecule has 1 aromatic carbocycles. The molecule has 0 aliphatic carbocycles. The molecule has 0 saturated carbocycles. The van der Waals surface area contributed by atoms with Gasteiger partial charge in [-0.15, -0.1) is 0 Å². The highest BCUT2D eigenvalue weighted by Gasteiger charge is 2.39. The van der Waals surface area contributed by atoms with Crippen LogP contribution in [0.3, 0.4) is 0 Å². The summed E-state index contributed by atoms with van der Waals surface area (Å²) in [5.74, 6) is 0.680. The molecule has 6 heteroatoms. The Morgan fingerprint density at radius 3 is 2.75 bits per heavy atom. The van der Waals surface area contributed by atoms with Crippen LogP contribution in [0.2, 0.25) is 0 Å². The Morgan fingerprint density at radius 1 is 1.33 bits per heavy atom. The SMILES string of the molecule is COC1(C(=O)Nc2cccc(OCCCN(C)C)c2)CCNCC1. The number of carbonyl (C=O) groups excluding carboxylic acids is 1. The number of hydrogen-bond donors (Lipinski definition) is 2. The van der Waals surface area contributed by atoms with E-state index in [1.165, 1.54) is 0 Å². The predicted molar refractivity (Wildman–Crippen MR) is 95.6 cm³/mol. The number of nitrogens with zero attached hydrogens (tertiary/aromatic N) is 1. The lowest BCUT2D eigenvalue weighted by molar-refractivity contribution is -0.140. The van der Waals surface area contributed by atoms with E-state index in [2.05, 4.69) is 15.5 Å². The Morgan fingerprint density at radius 2 is 2.08 bits per heavy atom. The number of methoxy groups -OCH3 is 1. The second kappa shape index (κ2) is 9.01. The molecule has 24 heavy (non-hydrogen) atoms. The molecule has 1 saturated heterocycles. The van der Waals surface area contributed by atoms with Gasteiger partial charge in [-0.3, -0.25) is 4.79 Å². The summed E-state index contributed by atoms with van der Waals surface area (Å²) in [6.45, 7) is 3.22. The van der Waals surface area contributed by atoms with E-state index in [1.807, 2.05) is 38.4 Å². The molecule has 0 spiro atoms. The van der Waals surface area contributed by atoms with E-state index in [9.17, 15) is 4.79 Å². The Kier molecular flexibility index (Phi) is 7.02. The number of hydrogen-bond acceptors (Lipinski definition) is 5. The van der Waals surface area contributed by atoms with E-state index in [1.54, 1.807) is 7.11 Å². The van der Waals surface area contributed by atoms with Crippen molar-refractivity contribution in [2.45, 2.75) is 24.9 Å². The van der Waals surface area contributed by atoms with E-state index >= 15 is 0 Å². The zero-order valence-corrected chi connectivity index (χ0v) is 14.9. The normalized spacial score (nSPS) is 16.8. The lowest BCUT2D eigenvalue weighted by Gasteiger charge is -2.34. The number of benzene rings is 1. The monoisotopic (exact) mass is 335 g/mol. The van der Waals surface area contributed by atoms with Crippen LogP contribution in [-0.2, 0) is 9.53 Å². The van der Waals surface area contributed by atoms with Gasteiger partial charge in [-0.25, -0.2) is 0 Å². The highest BCUT2D eigenvalue weighted by atomic mass is 16.5. The fraction of sp³-hybridized carbons (Fsp3) is 0.611. The van der Waals surface area contributed by atoms with Gasteiger partial charge in [0.1, 0.15) is 11.4 Å². The van der Waals surface area contributed by atoms with Gasteiger partial charge >= 0.3 is 0 Å². The molecule has 1 aliphatic rings. The molecule has 2 rings (SSSR count). The first-order valence-corrected chi connectivity index (χ1v) is 8.51. The molecule has 1 aliphatic heterocycles. The minimum absolute atomic E-state index is 0.0868. The molecule has 134 valence electrons. The molecular weight excluding hydrogens is 306 g/mol. The molecule has 0 bridgehead atoms. The average molecular weight is 335 g/mol. The summed E-state index contributed by atoms with van der Waals surface area (Å²) in [7, 11) is 5.69. The van der Waals surface area contributed by atoms with Crippen LogP contribution in [0, 0.1) is 0 Å². The largest absolute Gasteiger partial charge is 0.493 e. The maximum atomic E-state index is 12.7. The maximum absolute atomic E-state index is 12.7. The van der Waals surface area contributed by atoms with Gasteiger partial charge in [-0.05, 0) is 58.6 Å². The number of carbonyl (C=O) groups is 1. The summed E-state index contributed by atoms with van der Waals surface area (Å²) in [6, 6.07) is 7.52. The van der Waals surface area contributed by atoms with Crippen molar-refractivity contribution in [3.8, 4) is 5.75 Å². The number of rotatable bonds is 8. The van der Waals surface area contributed by atoms with Crippen LogP contribution in [0.15, 0.2) is 24.3 Å². The van der Waals surface area contributed by atoms with Crippen molar-refractivity contribution in [1.82, 2.24) is 10.2 Å². The molecule has 2 N–H and O–H groups in total. The summed E-state index contributed by atoms with van der Waals surface area (Å²) < 4.78 is 11.3. The van der Waals surface area contributed by atoms with Crippen LogP contribution in [0.4, 0.5) is 5.69 Å². The molecule has 1 fully saturated rings. The van der Waals surface area contributed by atoms with Gasteiger partial charge in [0.2, 0.25) is 0 Å². The molecule has 1 heterocycles. The van der Waals surface area contributed by atoms with Crippen LogP contribution < -0.4 is 15.4 Å².